The van der Waals surface area contributed by atoms with Gasteiger partial charge in [-0.15, -0.1) is 16.4 Å². The molecule has 2 aromatic heterocycles. The van der Waals surface area contributed by atoms with Crippen LogP contribution in [0.2, 0.25) is 0 Å². The predicted molar refractivity (Wildman–Crippen MR) is 83.4 cm³/mol. The lowest BCUT2D eigenvalue weighted by Crippen LogP contribution is -2.21. The Balaban J connectivity index is 1.70. The zero-order valence-corrected chi connectivity index (χ0v) is 12.9. The topological polar surface area (TPSA) is 46.8 Å². The average Bonchev–Trinajstić information content (AvgIpc) is 3.19. The van der Waals surface area contributed by atoms with Crippen LogP contribution in [0.4, 0.5) is 0 Å². The molecule has 0 radical (unpaired) electrons. The molecule has 0 bridgehead atoms. The maximum absolute atomic E-state index is 4.26. The van der Waals surface area contributed by atoms with Gasteiger partial charge in [-0.1, -0.05) is 23.4 Å². The summed E-state index contributed by atoms with van der Waals surface area (Å²) >= 11 is 1.68. The van der Waals surface area contributed by atoms with E-state index < -0.39 is 0 Å². The molecular formula is C15H17N5S. The van der Waals surface area contributed by atoms with Gasteiger partial charge in [0, 0.05) is 23.7 Å². The molecular weight excluding hydrogens is 282 g/mol. The molecule has 108 valence electrons. The Kier molecular flexibility index (Phi) is 4.08. The molecule has 3 aromatic rings. The molecule has 0 aliphatic carbocycles. The zero-order chi connectivity index (χ0) is 14.7. The van der Waals surface area contributed by atoms with Crippen molar-refractivity contribution in [1.82, 2.24) is 24.9 Å². The number of nitrogens with zero attached hydrogens (tertiary/aromatic N) is 5. The van der Waals surface area contributed by atoms with E-state index in [0.29, 0.717) is 6.04 Å². The Morgan fingerprint density at radius 2 is 2.10 bits per heavy atom. The lowest BCUT2D eigenvalue weighted by Gasteiger charge is -2.22. The number of thiazole rings is 1. The first-order valence-electron chi connectivity index (χ1n) is 6.79. The Bertz CT molecular complexity index is 677. The van der Waals surface area contributed by atoms with Crippen molar-refractivity contribution in [1.29, 1.82) is 0 Å². The summed E-state index contributed by atoms with van der Waals surface area (Å²) in [7, 11) is 2.09. The van der Waals surface area contributed by atoms with Crippen LogP contribution in [0.5, 0.6) is 0 Å². The number of hydrogen-bond acceptors (Lipinski definition) is 5. The minimum absolute atomic E-state index is 0.319. The van der Waals surface area contributed by atoms with Crippen molar-refractivity contribution in [3.05, 3.63) is 58.8 Å². The first-order chi connectivity index (χ1) is 10.2. The largest absolute Gasteiger partial charge is 0.293 e. The molecule has 2 heterocycles. The Hall–Kier alpha value is -2.05. The van der Waals surface area contributed by atoms with E-state index in [1.54, 1.807) is 16.0 Å². The smallest absolute Gasteiger partial charge is 0.0971 e. The maximum Gasteiger partial charge on any atom is 0.0971 e. The molecule has 1 aromatic carbocycles. The van der Waals surface area contributed by atoms with E-state index >= 15 is 0 Å². The molecule has 0 aliphatic rings. The van der Waals surface area contributed by atoms with Crippen molar-refractivity contribution in [2.45, 2.75) is 19.5 Å². The van der Waals surface area contributed by atoms with Crippen LogP contribution in [0.15, 0.2) is 48.2 Å². The first-order valence-corrected chi connectivity index (χ1v) is 7.67. The molecule has 6 heteroatoms. The monoisotopic (exact) mass is 299 g/mol. The standard InChI is InChI=1S/C15H17N5S/c1-12(15-8-16-11-21-15)19(2)9-13-10-20(18-17-13)14-6-4-3-5-7-14/h3-8,10-12H,9H2,1-2H3. The van der Waals surface area contributed by atoms with Crippen molar-refractivity contribution < 1.29 is 0 Å². The summed E-state index contributed by atoms with van der Waals surface area (Å²) < 4.78 is 1.81. The van der Waals surface area contributed by atoms with Crippen LogP contribution in [0, 0.1) is 0 Å². The molecule has 0 saturated carbocycles. The third kappa shape index (κ3) is 3.17. The van der Waals surface area contributed by atoms with Gasteiger partial charge in [-0.2, -0.15) is 0 Å². The molecule has 0 spiro atoms. The van der Waals surface area contributed by atoms with E-state index in [1.165, 1.54) is 4.88 Å². The molecule has 0 N–H and O–H groups in total. The Morgan fingerprint density at radius 1 is 1.29 bits per heavy atom. The fourth-order valence-corrected chi connectivity index (χ4v) is 2.86. The second-order valence-electron chi connectivity index (χ2n) is 4.98. The van der Waals surface area contributed by atoms with Crippen LogP contribution in [-0.4, -0.2) is 31.9 Å². The highest BCUT2D eigenvalue weighted by Gasteiger charge is 2.15. The third-order valence-corrected chi connectivity index (χ3v) is 4.44. The zero-order valence-electron chi connectivity index (χ0n) is 12.0. The van der Waals surface area contributed by atoms with E-state index in [9.17, 15) is 0 Å². The summed E-state index contributed by atoms with van der Waals surface area (Å²) in [5.41, 5.74) is 3.85. The van der Waals surface area contributed by atoms with Gasteiger partial charge in [0.1, 0.15) is 0 Å². The van der Waals surface area contributed by atoms with Crippen LogP contribution < -0.4 is 0 Å². The highest BCUT2D eigenvalue weighted by Crippen LogP contribution is 2.23. The average molecular weight is 299 g/mol. The quantitative estimate of drug-likeness (QED) is 0.727. The van der Waals surface area contributed by atoms with Crippen LogP contribution >= 0.6 is 11.3 Å². The van der Waals surface area contributed by atoms with Crippen molar-refractivity contribution in [2.75, 3.05) is 7.05 Å². The molecule has 1 atom stereocenters. The molecule has 21 heavy (non-hydrogen) atoms. The number of rotatable bonds is 5. The van der Waals surface area contributed by atoms with Crippen LogP contribution in [0.3, 0.4) is 0 Å². The Labute approximate surface area is 127 Å². The summed E-state index contributed by atoms with van der Waals surface area (Å²) in [6, 6.07) is 10.3. The minimum atomic E-state index is 0.319. The number of benzene rings is 1. The minimum Gasteiger partial charge on any atom is -0.293 e. The van der Waals surface area contributed by atoms with E-state index in [4.69, 9.17) is 0 Å². The van der Waals surface area contributed by atoms with E-state index in [-0.39, 0.29) is 0 Å². The Morgan fingerprint density at radius 3 is 2.81 bits per heavy atom. The summed E-state index contributed by atoms with van der Waals surface area (Å²) in [5, 5.41) is 8.45. The molecule has 1 unspecified atom stereocenters. The third-order valence-electron chi connectivity index (χ3n) is 3.50. The van der Waals surface area contributed by atoms with Crippen molar-refractivity contribution >= 4 is 11.3 Å². The van der Waals surface area contributed by atoms with Gasteiger partial charge in [-0.05, 0) is 26.1 Å². The van der Waals surface area contributed by atoms with Gasteiger partial charge in [0.05, 0.1) is 23.1 Å². The van der Waals surface area contributed by atoms with Crippen molar-refractivity contribution in [3.63, 3.8) is 0 Å². The maximum atomic E-state index is 4.26. The van der Waals surface area contributed by atoms with Gasteiger partial charge < -0.3 is 0 Å². The van der Waals surface area contributed by atoms with Gasteiger partial charge >= 0.3 is 0 Å². The summed E-state index contributed by atoms with van der Waals surface area (Å²) in [6.07, 6.45) is 3.90. The molecule has 0 saturated heterocycles. The van der Waals surface area contributed by atoms with Gasteiger partial charge in [0.15, 0.2) is 0 Å². The normalized spacial score (nSPS) is 12.7. The van der Waals surface area contributed by atoms with Crippen molar-refractivity contribution in [2.24, 2.45) is 0 Å². The van der Waals surface area contributed by atoms with Crippen LogP contribution in [0.25, 0.3) is 5.69 Å². The molecule has 0 fully saturated rings. The molecule has 0 amide bonds. The first kappa shape index (κ1) is 13.9. The van der Waals surface area contributed by atoms with Crippen molar-refractivity contribution in [3.8, 4) is 5.69 Å². The van der Waals surface area contributed by atoms with Gasteiger partial charge in [-0.25, -0.2) is 4.68 Å². The van der Waals surface area contributed by atoms with E-state index in [0.717, 1.165) is 17.9 Å². The molecule has 5 nitrogen and oxygen atoms in total. The predicted octanol–water partition coefficient (Wildman–Crippen LogP) is 2.92. The fourth-order valence-electron chi connectivity index (χ4n) is 2.12. The fraction of sp³-hybridized carbons (Fsp3) is 0.267. The lowest BCUT2D eigenvalue weighted by atomic mass is 10.2. The number of hydrogen-bond donors (Lipinski definition) is 0. The SMILES string of the molecule is CC(c1cncs1)N(C)Cc1cn(-c2ccccc2)nn1. The number of para-hydroxylation sites is 1. The summed E-state index contributed by atoms with van der Waals surface area (Å²) in [6.45, 7) is 2.93. The highest BCUT2D eigenvalue weighted by molar-refractivity contribution is 7.09. The molecule has 3 rings (SSSR count). The summed E-state index contributed by atoms with van der Waals surface area (Å²) in [4.78, 5) is 7.64. The second-order valence-corrected chi connectivity index (χ2v) is 5.90. The highest BCUT2D eigenvalue weighted by atomic mass is 32.1. The number of aromatic nitrogens is 4. The molecule has 0 aliphatic heterocycles. The van der Waals surface area contributed by atoms with E-state index in [2.05, 4.69) is 34.2 Å². The van der Waals surface area contributed by atoms with E-state index in [1.807, 2.05) is 48.2 Å². The summed E-state index contributed by atoms with van der Waals surface area (Å²) in [5.74, 6) is 0. The van der Waals surface area contributed by atoms with Gasteiger partial charge in [0.25, 0.3) is 0 Å². The second kappa shape index (κ2) is 6.15. The van der Waals surface area contributed by atoms with Gasteiger partial charge in [0.2, 0.25) is 0 Å². The van der Waals surface area contributed by atoms with Crippen LogP contribution in [-0.2, 0) is 6.54 Å². The van der Waals surface area contributed by atoms with Crippen LogP contribution in [0.1, 0.15) is 23.5 Å². The lowest BCUT2D eigenvalue weighted by molar-refractivity contribution is 0.253. The van der Waals surface area contributed by atoms with Gasteiger partial charge in [-0.3, -0.25) is 9.88 Å².